The standard InChI is InChI=1S/C15H13ClN2O/c16-13-3-1-12(2-4-13)15(7-8-15)18-14(19)11-5-9-17-10-6-11/h1-6,9-10H,7-8H2,(H,18,19). The van der Waals surface area contributed by atoms with Gasteiger partial charge in [-0.25, -0.2) is 0 Å². The van der Waals surface area contributed by atoms with Gasteiger partial charge in [0.05, 0.1) is 5.54 Å². The summed E-state index contributed by atoms with van der Waals surface area (Å²) in [6.45, 7) is 0. The van der Waals surface area contributed by atoms with Crippen molar-refractivity contribution >= 4 is 17.5 Å². The van der Waals surface area contributed by atoms with Gasteiger partial charge in [-0.3, -0.25) is 9.78 Å². The van der Waals surface area contributed by atoms with E-state index < -0.39 is 0 Å². The first kappa shape index (κ1) is 12.2. The molecule has 3 rings (SSSR count). The van der Waals surface area contributed by atoms with E-state index in [0.717, 1.165) is 18.4 Å². The van der Waals surface area contributed by atoms with Crippen LogP contribution in [-0.4, -0.2) is 10.9 Å². The summed E-state index contributed by atoms with van der Waals surface area (Å²) < 4.78 is 0. The van der Waals surface area contributed by atoms with Crippen LogP contribution in [0.5, 0.6) is 0 Å². The van der Waals surface area contributed by atoms with Crippen molar-refractivity contribution in [2.45, 2.75) is 18.4 Å². The first-order chi connectivity index (χ1) is 9.20. The highest BCUT2D eigenvalue weighted by molar-refractivity contribution is 6.30. The van der Waals surface area contributed by atoms with Gasteiger partial charge in [0.15, 0.2) is 0 Å². The molecule has 0 aliphatic heterocycles. The summed E-state index contributed by atoms with van der Waals surface area (Å²) in [5.74, 6) is -0.0603. The van der Waals surface area contributed by atoms with E-state index in [-0.39, 0.29) is 11.4 Å². The van der Waals surface area contributed by atoms with Crippen molar-refractivity contribution in [3.63, 3.8) is 0 Å². The minimum Gasteiger partial charge on any atom is -0.343 e. The predicted molar refractivity (Wildman–Crippen MR) is 74.1 cm³/mol. The van der Waals surface area contributed by atoms with Crippen LogP contribution in [0.1, 0.15) is 28.8 Å². The fourth-order valence-corrected chi connectivity index (χ4v) is 2.30. The van der Waals surface area contributed by atoms with Crippen LogP contribution in [0.4, 0.5) is 0 Å². The SMILES string of the molecule is O=C(NC1(c2ccc(Cl)cc2)CC1)c1ccncc1. The molecule has 1 heterocycles. The van der Waals surface area contributed by atoms with E-state index in [0.29, 0.717) is 10.6 Å². The molecule has 0 bridgehead atoms. The van der Waals surface area contributed by atoms with Gasteiger partial charge in [0.1, 0.15) is 0 Å². The number of halogens is 1. The molecule has 1 aromatic carbocycles. The van der Waals surface area contributed by atoms with Crippen LogP contribution in [0.2, 0.25) is 5.02 Å². The highest BCUT2D eigenvalue weighted by atomic mass is 35.5. The van der Waals surface area contributed by atoms with Gasteiger partial charge in [-0.05, 0) is 42.7 Å². The molecule has 1 aromatic heterocycles. The number of hydrogen-bond donors (Lipinski definition) is 1. The van der Waals surface area contributed by atoms with Crippen molar-refractivity contribution < 1.29 is 4.79 Å². The van der Waals surface area contributed by atoms with Crippen LogP contribution in [0.15, 0.2) is 48.8 Å². The number of hydrogen-bond acceptors (Lipinski definition) is 2. The van der Waals surface area contributed by atoms with Crippen LogP contribution < -0.4 is 5.32 Å². The first-order valence-electron chi connectivity index (χ1n) is 6.18. The third-order valence-electron chi connectivity index (χ3n) is 3.44. The summed E-state index contributed by atoms with van der Waals surface area (Å²) in [5.41, 5.74) is 1.53. The molecule has 0 radical (unpaired) electrons. The van der Waals surface area contributed by atoms with Crippen molar-refractivity contribution in [1.29, 1.82) is 0 Å². The van der Waals surface area contributed by atoms with Gasteiger partial charge in [-0.15, -0.1) is 0 Å². The smallest absolute Gasteiger partial charge is 0.252 e. The average Bonchev–Trinajstić information content (AvgIpc) is 3.21. The Morgan fingerprint density at radius 1 is 1.11 bits per heavy atom. The number of nitrogens with zero attached hydrogens (tertiary/aromatic N) is 1. The monoisotopic (exact) mass is 272 g/mol. The Balaban J connectivity index is 1.79. The Morgan fingerprint density at radius 3 is 2.32 bits per heavy atom. The molecule has 1 N–H and O–H groups in total. The zero-order chi connectivity index (χ0) is 13.3. The molecule has 1 aliphatic carbocycles. The van der Waals surface area contributed by atoms with Crippen molar-refractivity contribution in [2.24, 2.45) is 0 Å². The second-order valence-corrected chi connectivity index (χ2v) is 5.22. The third kappa shape index (κ3) is 2.47. The van der Waals surface area contributed by atoms with Gasteiger partial charge in [0.25, 0.3) is 5.91 Å². The molecule has 1 amide bonds. The molecule has 1 saturated carbocycles. The lowest BCUT2D eigenvalue weighted by Gasteiger charge is -2.18. The first-order valence-corrected chi connectivity index (χ1v) is 6.56. The maximum atomic E-state index is 12.2. The zero-order valence-electron chi connectivity index (χ0n) is 10.3. The Bertz CT molecular complexity index is 591. The molecule has 3 nitrogen and oxygen atoms in total. The van der Waals surface area contributed by atoms with Crippen LogP contribution >= 0.6 is 11.6 Å². The van der Waals surface area contributed by atoms with E-state index in [9.17, 15) is 4.79 Å². The second-order valence-electron chi connectivity index (χ2n) is 4.78. The summed E-state index contributed by atoms with van der Waals surface area (Å²) in [7, 11) is 0. The maximum Gasteiger partial charge on any atom is 0.252 e. The van der Waals surface area contributed by atoms with Crippen molar-refractivity contribution in [3.05, 3.63) is 64.9 Å². The molecule has 1 aliphatic rings. The number of nitrogens with one attached hydrogen (secondary N) is 1. The molecule has 0 spiro atoms. The van der Waals surface area contributed by atoms with E-state index in [2.05, 4.69) is 10.3 Å². The Labute approximate surface area is 116 Å². The quantitative estimate of drug-likeness (QED) is 0.933. The minimum atomic E-state index is -0.217. The van der Waals surface area contributed by atoms with Crippen molar-refractivity contribution in [1.82, 2.24) is 10.3 Å². The fourth-order valence-electron chi connectivity index (χ4n) is 2.17. The highest BCUT2D eigenvalue weighted by Crippen LogP contribution is 2.45. The number of benzene rings is 1. The number of pyridine rings is 1. The van der Waals surface area contributed by atoms with Crippen molar-refractivity contribution in [2.75, 3.05) is 0 Å². The van der Waals surface area contributed by atoms with Gasteiger partial charge in [-0.2, -0.15) is 0 Å². The number of carbonyl (C=O) groups is 1. The Morgan fingerprint density at radius 2 is 1.74 bits per heavy atom. The molecule has 0 atom stereocenters. The van der Waals surface area contributed by atoms with Crippen LogP contribution in [0, 0.1) is 0 Å². The van der Waals surface area contributed by atoms with Crippen LogP contribution in [-0.2, 0) is 5.54 Å². The van der Waals surface area contributed by atoms with E-state index in [1.807, 2.05) is 24.3 Å². The summed E-state index contributed by atoms with van der Waals surface area (Å²) in [6.07, 6.45) is 5.17. The summed E-state index contributed by atoms with van der Waals surface area (Å²) in [6, 6.07) is 11.1. The van der Waals surface area contributed by atoms with Gasteiger partial charge < -0.3 is 5.32 Å². The largest absolute Gasteiger partial charge is 0.343 e. The molecule has 19 heavy (non-hydrogen) atoms. The molecule has 0 saturated heterocycles. The predicted octanol–water partition coefficient (Wildman–Crippen LogP) is 3.15. The number of aromatic nitrogens is 1. The van der Waals surface area contributed by atoms with Crippen LogP contribution in [0.25, 0.3) is 0 Å². The molecule has 96 valence electrons. The molecular formula is C15H13ClN2O. The normalized spacial score (nSPS) is 15.8. The van der Waals surface area contributed by atoms with Crippen LogP contribution in [0.3, 0.4) is 0 Å². The molecule has 1 fully saturated rings. The topological polar surface area (TPSA) is 42.0 Å². The Kier molecular flexibility index (Phi) is 2.99. The van der Waals surface area contributed by atoms with Gasteiger partial charge >= 0.3 is 0 Å². The third-order valence-corrected chi connectivity index (χ3v) is 3.69. The number of rotatable bonds is 3. The lowest BCUT2D eigenvalue weighted by molar-refractivity contribution is 0.0930. The molecule has 4 heteroatoms. The average molecular weight is 273 g/mol. The summed E-state index contributed by atoms with van der Waals surface area (Å²) >= 11 is 5.89. The van der Waals surface area contributed by atoms with Gasteiger partial charge in [0.2, 0.25) is 0 Å². The molecule has 2 aromatic rings. The zero-order valence-corrected chi connectivity index (χ0v) is 11.0. The molecule has 0 unspecified atom stereocenters. The Hall–Kier alpha value is -1.87. The lowest BCUT2D eigenvalue weighted by atomic mass is 10.0. The van der Waals surface area contributed by atoms with Gasteiger partial charge in [-0.1, -0.05) is 23.7 Å². The fraction of sp³-hybridized carbons (Fsp3) is 0.200. The number of carbonyl (C=O) groups excluding carboxylic acids is 1. The number of amides is 1. The maximum absolute atomic E-state index is 12.2. The second kappa shape index (κ2) is 4.67. The summed E-state index contributed by atoms with van der Waals surface area (Å²) in [5, 5.41) is 3.82. The van der Waals surface area contributed by atoms with Crippen molar-refractivity contribution in [3.8, 4) is 0 Å². The lowest BCUT2D eigenvalue weighted by Crippen LogP contribution is -2.34. The summed E-state index contributed by atoms with van der Waals surface area (Å²) in [4.78, 5) is 16.1. The van der Waals surface area contributed by atoms with E-state index in [1.54, 1.807) is 24.5 Å². The minimum absolute atomic E-state index is 0.0603. The van der Waals surface area contributed by atoms with E-state index in [4.69, 9.17) is 11.6 Å². The highest BCUT2D eigenvalue weighted by Gasteiger charge is 2.45. The van der Waals surface area contributed by atoms with E-state index >= 15 is 0 Å². The van der Waals surface area contributed by atoms with Gasteiger partial charge in [0, 0.05) is 23.0 Å². The molecular weight excluding hydrogens is 260 g/mol. The van der Waals surface area contributed by atoms with E-state index in [1.165, 1.54) is 0 Å².